The van der Waals surface area contributed by atoms with Crippen LogP contribution in [0.5, 0.6) is 0 Å². The van der Waals surface area contributed by atoms with Gasteiger partial charge in [-0.05, 0) is 25.0 Å². The first-order valence-electron chi connectivity index (χ1n) is 10.4. The van der Waals surface area contributed by atoms with Crippen LogP contribution in [0.25, 0.3) is 0 Å². The van der Waals surface area contributed by atoms with Crippen molar-refractivity contribution >= 4 is 5.91 Å². The van der Waals surface area contributed by atoms with Crippen molar-refractivity contribution in [3.05, 3.63) is 71.8 Å². The molecule has 1 saturated heterocycles. The highest BCUT2D eigenvalue weighted by molar-refractivity contribution is 5.76. The number of piperazine rings is 1. The van der Waals surface area contributed by atoms with Crippen LogP contribution < -0.4 is 0 Å². The van der Waals surface area contributed by atoms with Crippen molar-refractivity contribution in [3.8, 4) is 0 Å². The van der Waals surface area contributed by atoms with Crippen LogP contribution in [0.15, 0.2) is 60.7 Å². The maximum Gasteiger partial charge on any atom is 0.223 e. The molecule has 1 aliphatic heterocycles. The molecule has 0 radical (unpaired) electrons. The lowest BCUT2D eigenvalue weighted by atomic mass is 10.1. The van der Waals surface area contributed by atoms with Gasteiger partial charge in [0, 0.05) is 58.3 Å². The molecule has 0 spiro atoms. The molecule has 1 heterocycles. The van der Waals surface area contributed by atoms with Crippen molar-refractivity contribution in [2.45, 2.75) is 39.4 Å². The number of amides is 1. The standard InChI is InChI=1S/C24H33N3O/c1-21(2)27(20-23-11-7-4-8-12-23)14-13-24(28)26-17-15-25(16-18-26)19-22-9-5-3-6-10-22/h3-12,21H,13-20H2,1-2H3. The second kappa shape index (κ2) is 10.4. The van der Waals surface area contributed by atoms with Gasteiger partial charge < -0.3 is 4.90 Å². The van der Waals surface area contributed by atoms with Gasteiger partial charge in [-0.3, -0.25) is 14.6 Å². The maximum absolute atomic E-state index is 12.7. The normalized spacial score (nSPS) is 15.4. The second-order valence-corrected chi connectivity index (χ2v) is 7.94. The van der Waals surface area contributed by atoms with Crippen LogP contribution in [0.3, 0.4) is 0 Å². The van der Waals surface area contributed by atoms with Crippen molar-refractivity contribution in [1.29, 1.82) is 0 Å². The van der Waals surface area contributed by atoms with Crippen molar-refractivity contribution in [1.82, 2.24) is 14.7 Å². The van der Waals surface area contributed by atoms with Crippen LogP contribution in [0.4, 0.5) is 0 Å². The molecule has 0 unspecified atom stereocenters. The number of carbonyl (C=O) groups is 1. The van der Waals surface area contributed by atoms with Gasteiger partial charge in [0.05, 0.1) is 0 Å². The molecule has 4 heteroatoms. The van der Waals surface area contributed by atoms with Gasteiger partial charge in [0.1, 0.15) is 0 Å². The summed E-state index contributed by atoms with van der Waals surface area (Å²) in [5, 5.41) is 0. The van der Waals surface area contributed by atoms with E-state index in [9.17, 15) is 4.79 Å². The summed E-state index contributed by atoms with van der Waals surface area (Å²) in [5.74, 6) is 0.290. The molecule has 3 rings (SSSR count). The number of hydrogen-bond donors (Lipinski definition) is 0. The zero-order valence-corrected chi connectivity index (χ0v) is 17.3. The van der Waals surface area contributed by atoms with Gasteiger partial charge in [0.15, 0.2) is 0 Å². The Labute approximate surface area is 169 Å². The fourth-order valence-corrected chi connectivity index (χ4v) is 3.73. The summed E-state index contributed by atoms with van der Waals surface area (Å²) in [7, 11) is 0. The van der Waals surface area contributed by atoms with Crippen molar-refractivity contribution in [2.24, 2.45) is 0 Å². The van der Waals surface area contributed by atoms with Crippen molar-refractivity contribution in [3.63, 3.8) is 0 Å². The summed E-state index contributed by atoms with van der Waals surface area (Å²) >= 11 is 0. The minimum absolute atomic E-state index is 0.290. The number of rotatable bonds is 8. The van der Waals surface area contributed by atoms with Crippen LogP contribution in [0.1, 0.15) is 31.4 Å². The van der Waals surface area contributed by atoms with E-state index < -0.39 is 0 Å². The van der Waals surface area contributed by atoms with E-state index in [1.165, 1.54) is 11.1 Å². The highest BCUT2D eigenvalue weighted by Crippen LogP contribution is 2.12. The maximum atomic E-state index is 12.7. The van der Waals surface area contributed by atoms with Crippen LogP contribution in [-0.2, 0) is 17.9 Å². The minimum atomic E-state index is 0.290. The van der Waals surface area contributed by atoms with E-state index in [1.807, 2.05) is 11.0 Å². The molecule has 0 aliphatic carbocycles. The zero-order chi connectivity index (χ0) is 19.8. The van der Waals surface area contributed by atoms with Crippen LogP contribution in [0, 0.1) is 0 Å². The molecule has 0 aromatic heterocycles. The van der Waals surface area contributed by atoms with E-state index in [0.717, 1.165) is 45.8 Å². The monoisotopic (exact) mass is 379 g/mol. The summed E-state index contributed by atoms with van der Waals surface area (Å²) < 4.78 is 0. The zero-order valence-electron chi connectivity index (χ0n) is 17.3. The molecule has 1 fully saturated rings. The van der Waals surface area contributed by atoms with E-state index in [0.29, 0.717) is 12.5 Å². The third-order valence-corrected chi connectivity index (χ3v) is 5.55. The smallest absolute Gasteiger partial charge is 0.223 e. The Balaban J connectivity index is 1.43. The number of carbonyl (C=O) groups excluding carboxylic acids is 1. The van der Waals surface area contributed by atoms with Gasteiger partial charge in [-0.25, -0.2) is 0 Å². The quantitative estimate of drug-likeness (QED) is 0.701. The van der Waals surface area contributed by atoms with Crippen LogP contribution >= 0.6 is 0 Å². The summed E-state index contributed by atoms with van der Waals surface area (Å²) in [6.07, 6.45) is 0.601. The summed E-state index contributed by atoms with van der Waals surface area (Å²) in [6.45, 7) is 10.7. The molecule has 0 saturated carbocycles. The highest BCUT2D eigenvalue weighted by atomic mass is 16.2. The Morgan fingerprint density at radius 1 is 0.893 bits per heavy atom. The molecule has 0 atom stereocenters. The lowest BCUT2D eigenvalue weighted by molar-refractivity contribution is -0.133. The Bertz CT molecular complexity index is 709. The van der Waals surface area contributed by atoms with Gasteiger partial charge in [-0.2, -0.15) is 0 Å². The summed E-state index contributed by atoms with van der Waals surface area (Å²) in [6, 6.07) is 21.5. The van der Waals surface area contributed by atoms with Gasteiger partial charge in [-0.15, -0.1) is 0 Å². The summed E-state index contributed by atoms with van der Waals surface area (Å²) in [4.78, 5) is 19.6. The fourth-order valence-electron chi connectivity index (χ4n) is 3.73. The molecule has 2 aromatic carbocycles. The van der Waals surface area contributed by atoms with Crippen molar-refractivity contribution < 1.29 is 4.79 Å². The van der Waals surface area contributed by atoms with E-state index in [1.54, 1.807) is 0 Å². The van der Waals surface area contributed by atoms with Crippen molar-refractivity contribution in [2.75, 3.05) is 32.7 Å². The van der Waals surface area contributed by atoms with E-state index in [-0.39, 0.29) is 5.91 Å². The molecule has 2 aromatic rings. The summed E-state index contributed by atoms with van der Waals surface area (Å²) in [5.41, 5.74) is 2.65. The van der Waals surface area contributed by atoms with E-state index in [2.05, 4.69) is 78.2 Å². The molecule has 0 bridgehead atoms. The topological polar surface area (TPSA) is 26.8 Å². The van der Waals surface area contributed by atoms with E-state index >= 15 is 0 Å². The Morgan fingerprint density at radius 2 is 1.46 bits per heavy atom. The Hall–Kier alpha value is -2.17. The molecular weight excluding hydrogens is 346 g/mol. The lowest BCUT2D eigenvalue weighted by Gasteiger charge is -2.35. The largest absolute Gasteiger partial charge is 0.340 e. The number of hydrogen-bond acceptors (Lipinski definition) is 3. The van der Waals surface area contributed by atoms with Gasteiger partial charge in [0.2, 0.25) is 5.91 Å². The van der Waals surface area contributed by atoms with Gasteiger partial charge in [0.25, 0.3) is 0 Å². The van der Waals surface area contributed by atoms with Crippen LogP contribution in [-0.4, -0.2) is 59.4 Å². The molecule has 150 valence electrons. The molecule has 4 nitrogen and oxygen atoms in total. The van der Waals surface area contributed by atoms with Crippen LogP contribution in [0.2, 0.25) is 0 Å². The average molecular weight is 380 g/mol. The molecule has 0 N–H and O–H groups in total. The third-order valence-electron chi connectivity index (χ3n) is 5.55. The number of nitrogens with zero attached hydrogens (tertiary/aromatic N) is 3. The first-order valence-corrected chi connectivity index (χ1v) is 10.4. The second-order valence-electron chi connectivity index (χ2n) is 7.94. The predicted molar refractivity (Wildman–Crippen MR) is 115 cm³/mol. The Kier molecular flexibility index (Phi) is 7.63. The molecule has 1 amide bonds. The van der Waals surface area contributed by atoms with Gasteiger partial charge in [-0.1, -0.05) is 60.7 Å². The third kappa shape index (κ3) is 6.18. The van der Waals surface area contributed by atoms with E-state index in [4.69, 9.17) is 0 Å². The predicted octanol–water partition coefficient (Wildman–Crippen LogP) is 3.63. The molecule has 1 aliphatic rings. The first-order chi connectivity index (χ1) is 13.6. The number of benzene rings is 2. The lowest BCUT2D eigenvalue weighted by Crippen LogP contribution is -2.49. The minimum Gasteiger partial charge on any atom is -0.340 e. The highest BCUT2D eigenvalue weighted by Gasteiger charge is 2.22. The SMILES string of the molecule is CC(C)N(CCC(=O)N1CCN(Cc2ccccc2)CC1)Cc1ccccc1. The Morgan fingerprint density at radius 3 is 2.04 bits per heavy atom. The molecule has 28 heavy (non-hydrogen) atoms. The average Bonchev–Trinajstić information content (AvgIpc) is 2.73. The first kappa shape index (κ1) is 20.6. The molecular formula is C24H33N3O. The fraction of sp³-hybridized carbons (Fsp3) is 0.458. The van der Waals surface area contributed by atoms with Gasteiger partial charge >= 0.3 is 0 Å².